The Balaban J connectivity index is 2.92. The molecule has 0 spiro atoms. The first-order valence-electron chi connectivity index (χ1n) is 5.44. The maximum atomic E-state index is 13.5. The third kappa shape index (κ3) is 3.43. The molecule has 92 valence electrons. The molecular weight excluding hydrogens is 219 g/mol. The number of aliphatic hydroxyl groups is 1. The largest absolute Gasteiger partial charge is 0.396 e. The Kier molecular flexibility index (Phi) is 4.08. The molecule has 0 saturated heterocycles. The maximum absolute atomic E-state index is 13.5. The Morgan fingerprint density at radius 3 is 2.65 bits per heavy atom. The van der Waals surface area contributed by atoms with E-state index in [9.17, 15) is 4.39 Å². The van der Waals surface area contributed by atoms with Crippen LogP contribution >= 0.6 is 0 Å². The van der Waals surface area contributed by atoms with Gasteiger partial charge in [-0.25, -0.2) is 4.39 Å². The lowest BCUT2D eigenvalue weighted by atomic mass is 9.94. The van der Waals surface area contributed by atoms with Gasteiger partial charge in [-0.2, -0.15) is 5.26 Å². The Morgan fingerprint density at radius 1 is 1.47 bits per heavy atom. The predicted octanol–water partition coefficient (Wildman–Crippen LogP) is 2.44. The van der Waals surface area contributed by atoms with Gasteiger partial charge in [-0.3, -0.25) is 0 Å². The fraction of sp³-hybridized carbons (Fsp3) is 0.462. The van der Waals surface area contributed by atoms with Gasteiger partial charge in [0.2, 0.25) is 0 Å². The normalized spacial score (nSPS) is 11.1. The van der Waals surface area contributed by atoms with Crippen molar-refractivity contribution >= 4 is 5.69 Å². The Bertz CT molecular complexity index is 449. The lowest BCUT2D eigenvalue weighted by Crippen LogP contribution is -2.27. The molecule has 0 atom stereocenters. The lowest BCUT2D eigenvalue weighted by molar-refractivity contribution is 0.171. The van der Waals surface area contributed by atoms with E-state index < -0.39 is 5.82 Å². The third-order valence-corrected chi connectivity index (χ3v) is 2.66. The molecule has 4 heteroatoms. The van der Waals surface area contributed by atoms with Crippen molar-refractivity contribution in [1.82, 2.24) is 0 Å². The Morgan fingerprint density at radius 2 is 2.12 bits per heavy atom. The summed E-state index contributed by atoms with van der Waals surface area (Å²) >= 11 is 0. The molecule has 0 aliphatic rings. The van der Waals surface area contributed by atoms with E-state index in [1.54, 1.807) is 13.0 Å². The van der Waals surface area contributed by atoms with Crippen LogP contribution in [0.25, 0.3) is 0 Å². The van der Waals surface area contributed by atoms with Gasteiger partial charge in [-0.15, -0.1) is 0 Å². The van der Waals surface area contributed by atoms with Crippen molar-refractivity contribution in [2.75, 3.05) is 18.5 Å². The van der Waals surface area contributed by atoms with Gasteiger partial charge in [0, 0.05) is 29.8 Å². The summed E-state index contributed by atoms with van der Waals surface area (Å²) in [5, 5.41) is 21.0. The molecule has 0 radical (unpaired) electrons. The number of nitriles is 1. The fourth-order valence-electron chi connectivity index (χ4n) is 1.32. The van der Waals surface area contributed by atoms with Crippen molar-refractivity contribution in [2.24, 2.45) is 5.41 Å². The molecule has 0 bridgehead atoms. The second kappa shape index (κ2) is 5.15. The zero-order chi connectivity index (χ0) is 13.1. The SMILES string of the molecule is Cc1c(F)cc(C#N)cc1NCC(C)(C)CO. The van der Waals surface area contributed by atoms with E-state index in [0.29, 0.717) is 17.8 Å². The van der Waals surface area contributed by atoms with E-state index in [-0.39, 0.29) is 17.6 Å². The van der Waals surface area contributed by atoms with E-state index in [1.165, 1.54) is 6.07 Å². The molecule has 0 aliphatic heterocycles. The van der Waals surface area contributed by atoms with Crippen LogP contribution in [-0.2, 0) is 0 Å². The minimum absolute atomic E-state index is 0.0411. The van der Waals surface area contributed by atoms with Crippen molar-refractivity contribution in [2.45, 2.75) is 20.8 Å². The van der Waals surface area contributed by atoms with Crippen LogP contribution in [0.5, 0.6) is 0 Å². The van der Waals surface area contributed by atoms with Crippen LogP contribution in [0.2, 0.25) is 0 Å². The van der Waals surface area contributed by atoms with Gasteiger partial charge in [0.25, 0.3) is 0 Å². The molecule has 0 aromatic heterocycles. The van der Waals surface area contributed by atoms with E-state index in [0.717, 1.165) is 0 Å². The van der Waals surface area contributed by atoms with Gasteiger partial charge >= 0.3 is 0 Å². The second-order valence-corrected chi connectivity index (χ2v) is 4.92. The van der Waals surface area contributed by atoms with Crippen LogP contribution in [-0.4, -0.2) is 18.3 Å². The number of aliphatic hydroxyl groups excluding tert-OH is 1. The minimum atomic E-state index is -0.395. The summed E-state index contributed by atoms with van der Waals surface area (Å²) < 4.78 is 13.5. The number of rotatable bonds is 4. The molecule has 2 N–H and O–H groups in total. The average molecular weight is 236 g/mol. The molecular formula is C13H17FN2O. The van der Waals surface area contributed by atoms with Crippen LogP contribution in [0.3, 0.4) is 0 Å². The van der Waals surface area contributed by atoms with Gasteiger partial charge < -0.3 is 10.4 Å². The Hall–Kier alpha value is -1.60. The number of nitrogens with one attached hydrogen (secondary N) is 1. The van der Waals surface area contributed by atoms with Gasteiger partial charge in [0.05, 0.1) is 11.6 Å². The molecule has 0 saturated carbocycles. The molecule has 3 nitrogen and oxygen atoms in total. The smallest absolute Gasteiger partial charge is 0.129 e. The fourth-order valence-corrected chi connectivity index (χ4v) is 1.32. The number of hydrogen-bond donors (Lipinski definition) is 2. The summed E-state index contributed by atoms with van der Waals surface area (Å²) in [6.07, 6.45) is 0. The first kappa shape index (κ1) is 13.5. The number of halogens is 1. The van der Waals surface area contributed by atoms with Gasteiger partial charge in [0.15, 0.2) is 0 Å². The number of benzene rings is 1. The molecule has 1 rings (SSSR count). The highest BCUT2D eigenvalue weighted by molar-refractivity contribution is 5.55. The highest BCUT2D eigenvalue weighted by Gasteiger charge is 2.17. The van der Waals surface area contributed by atoms with Crippen molar-refractivity contribution < 1.29 is 9.50 Å². The van der Waals surface area contributed by atoms with E-state index >= 15 is 0 Å². The standard InChI is InChI=1S/C13H17FN2O/c1-9-11(14)4-10(6-15)5-12(9)16-7-13(2,3)8-17/h4-5,16-17H,7-8H2,1-3H3. The molecule has 0 aliphatic carbocycles. The molecule has 1 aromatic rings. The average Bonchev–Trinajstić information content (AvgIpc) is 2.31. The number of anilines is 1. The second-order valence-electron chi connectivity index (χ2n) is 4.92. The van der Waals surface area contributed by atoms with Gasteiger partial charge in [-0.05, 0) is 19.1 Å². The lowest BCUT2D eigenvalue weighted by Gasteiger charge is -2.23. The van der Waals surface area contributed by atoms with Gasteiger partial charge in [0.1, 0.15) is 5.82 Å². The van der Waals surface area contributed by atoms with Crippen LogP contribution in [0.15, 0.2) is 12.1 Å². The van der Waals surface area contributed by atoms with Crippen molar-refractivity contribution in [3.63, 3.8) is 0 Å². The first-order chi connectivity index (χ1) is 7.89. The summed E-state index contributed by atoms with van der Waals surface area (Å²) in [4.78, 5) is 0. The van der Waals surface area contributed by atoms with Crippen LogP contribution in [0, 0.1) is 29.5 Å². The predicted molar refractivity (Wildman–Crippen MR) is 65.2 cm³/mol. The quantitative estimate of drug-likeness (QED) is 0.844. The highest BCUT2D eigenvalue weighted by atomic mass is 19.1. The van der Waals surface area contributed by atoms with Crippen molar-refractivity contribution in [3.05, 3.63) is 29.1 Å². The monoisotopic (exact) mass is 236 g/mol. The maximum Gasteiger partial charge on any atom is 0.129 e. The van der Waals surface area contributed by atoms with E-state index in [2.05, 4.69) is 5.32 Å². The highest BCUT2D eigenvalue weighted by Crippen LogP contribution is 2.22. The summed E-state index contributed by atoms with van der Waals surface area (Å²) in [5.41, 5.74) is 1.09. The summed E-state index contributed by atoms with van der Waals surface area (Å²) in [6.45, 7) is 6.02. The zero-order valence-corrected chi connectivity index (χ0v) is 10.3. The van der Waals surface area contributed by atoms with Gasteiger partial charge in [-0.1, -0.05) is 13.8 Å². The third-order valence-electron chi connectivity index (χ3n) is 2.66. The molecule has 0 amide bonds. The molecule has 1 aromatic carbocycles. The molecule has 0 unspecified atom stereocenters. The molecule has 0 fully saturated rings. The minimum Gasteiger partial charge on any atom is -0.396 e. The number of hydrogen-bond acceptors (Lipinski definition) is 3. The Labute approximate surface area is 101 Å². The number of nitrogens with zero attached hydrogens (tertiary/aromatic N) is 1. The topological polar surface area (TPSA) is 56.0 Å². The summed E-state index contributed by atoms with van der Waals surface area (Å²) in [6, 6.07) is 4.75. The van der Waals surface area contributed by atoms with Crippen LogP contribution in [0.4, 0.5) is 10.1 Å². The van der Waals surface area contributed by atoms with Crippen molar-refractivity contribution in [3.8, 4) is 6.07 Å². The van der Waals surface area contributed by atoms with Crippen molar-refractivity contribution in [1.29, 1.82) is 5.26 Å². The van der Waals surface area contributed by atoms with E-state index in [4.69, 9.17) is 10.4 Å². The molecule has 0 heterocycles. The molecule has 17 heavy (non-hydrogen) atoms. The van der Waals surface area contributed by atoms with Crippen LogP contribution in [0.1, 0.15) is 25.0 Å². The van der Waals surface area contributed by atoms with E-state index in [1.807, 2.05) is 19.9 Å². The van der Waals surface area contributed by atoms with Crippen LogP contribution < -0.4 is 5.32 Å². The first-order valence-corrected chi connectivity index (χ1v) is 5.44. The summed E-state index contributed by atoms with van der Waals surface area (Å²) in [5.74, 6) is -0.395. The summed E-state index contributed by atoms with van der Waals surface area (Å²) in [7, 11) is 0. The zero-order valence-electron chi connectivity index (χ0n) is 10.3.